The minimum atomic E-state index is -2.46. The van der Waals surface area contributed by atoms with Crippen molar-refractivity contribution in [3.05, 3.63) is 24.3 Å². The molecule has 12 heteroatoms. The minimum Gasteiger partial charge on any atom is -0.335 e. The summed E-state index contributed by atoms with van der Waals surface area (Å²) in [4.78, 5) is 24.2. The highest BCUT2D eigenvalue weighted by atomic mass is 32.2. The Bertz CT molecular complexity index is 830. The fourth-order valence-corrected chi connectivity index (χ4v) is 4.43. The maximum Gasteiger partial charge on any atom is 0.321 e. The second kappa shape index (κ2) is 9.52. The standard InChI is InChI=1S/C16H17F2N5O2S3/c1-8(12(24)21-14(25)19-9-2-3-9)26-16-23-22-15(28-16)20-10-4-6-11(7-5-10)27-13(17)18/h4-9,13H,2-3H2,1H3,(H,20,22)(H2,19,21,24,25). The van der Waals surface area contributed by atoms with Crippen molar-refractivity contribution in [1.29, 1.82) is 0 Å². The Labute approximate surface area is 172 Å². The van der Waals surface area contributed by atoms with E-state index >= 15 is 0 Å². The molecule has 1 unspecified atom stereocenters. The summed E-state index contributed by atoms with van der Waals surface area (Å²) < 4.78 is 25.2. The number of thioether (sulfide) groups is 2. The van der Waals surface area contributed by atoms with Gasteiger partial charge in [0.05, 0.1) is 5.25 Å². The predicted molar refractivity (Wildman–Crippen MR) is 107 cm³/mol. The molecule has 2 aromatic rings. The summed E-state index contributed by atoms with van der Waals surface area (Å²) in [7, 11) is 0. The number of carbonyl (C=O) groups is 2. The highest BCUT2D eigenvalue weighted by Gasteiger charge is 2.25. The van der Waals surface area contributed by atoms with Crippen molar-refractivity contribution in [3.8, 4) is 0 Å². The number of alkyl halides is 2. The number of urea groups is 1. The molecule has 1 aromatic heterocycles. The number of halogens is 2. The molecule has 1 aliphatic carbocycles. The van der Waals surface area contributed by atoms with Gasteiger partial charge in [-0.05, 0) is 44.0 Å². The first kappa shape index (κ1) is 20.8. The lowest BCUT2D eigenvalue weighted by molar-refractivity contribution is -0.119. The number of anilines is 2. The summed E-state index contributed by atoms with van der Waals surface area (Å²) in [5, 5.41) is 16.1. The van der Waals surface area contributed by atoms with Crippen molar-refractivity contribution < 1.29 is 18.4 Å². The van der Waals surface area contributed by atoms with Crippen LogP contribution in [0.2, 0.25) is 0 Å². The summed E-state index contributed by atoms with van der Waals surface area (Å²) in [6.45, 7) is 1.68. The third kappa shape index (κ3) is 6.60. The van der Waals surface area contributed by atoms with Gasteiger partial charge in [-0.15, -0.1) is 10.2 Å². The average molecular weight is 446 g/mol. The zero-order chi connectivity index (χ0) is 20.1. The Morgan fingerprint density at radius 1 is 1.18 bits per heavy atom. The molecule has 0 saturated heterocycles. The third-order valence-corrected chi connectivity index (χ3v) is 6.28. The smallest absolute Gasteiger partial charge is 0.321 e. The molecular weight excluding hydrogens is 428 g/mol. The monoisotopic (exact) mass is 445 g/mol. The molecule has 0 bridgehead atoms. The van der Waals surface area contributed by atoms with Gasteiger partial charge in [-0.2, -0.15) is 8.78 Å². The fourth-order valence-electron chi connectivity index (χ4n) is 2.02. The molecule has 150 valence electrons. The summed E-state index contributed by atoms with van der Waals surface area (Å²) >= 11 is 2.93. The third-order valence-electron chi connectivity index (χ3n) is 3.53. The maximum atomic E-state index is 12.3. The number of nitrogens with zero attached hydrogens (tertiary/aromatic N) is 2. The number of hydrogen-bond donors (Lipinski definition) is 3. The van der Waals surface area contributed by atoms with Crippen LogP contribution in [0.15, 0.2) is 33.5 Å². The van der Waals surface area contributed by atoms with Crippen LogP contribution in [0.1, 0.15) is 19.8 Å². The van der Waals surface area contributed by atoms with Gasteiger partial charge in [0, 0.05) is 16.6 Å². The van der Waals surface area contributed by atoms with Gasteiger partial charge < -0.3 is 10.6 Å². The molecule has 1 saturated carbocycles. The number of benzene rings is 1. The second-order valence-electron chi connectivity index (χ2n) is 5.90. The number of carbonyl (C=O) groups excluding carboxylic acids is 2. The number of aromatic nitrogens is 2. The van der Waals surface area contributed by atoms with Crippen LogP contribution in [0.3, 0.4) is 0 Å². The van der Waals surface area contributed by atoms with E-state index in [2.05, 4.69) is 26.1 Å². The Hall–Kier alpha value is -1.92. The Morgan fingerprint density at radius 3 is 2.54 bits per heavy atom. The van der Waals surface area contributed by atoms with E-state index in [1.807, 2.05) is 0 Å². The van der Waals surface area contributed by atoms with Gasteiger partial charge in [0.2, 0.25) is 11.0 Å². The summed E-state index contributed by atoms with van der Waals surface area (Å²) in [6, 6.07) is 6.23. The summed E-state index contributed by atoms with van der Waals surface area (Å²) in [5.74, 6) is -2.86. The van der Waals surface area contributed by atoms with Crippen LogP contribution < -0.4 is 16.0 Å². The minimum absolute atomic E-state index is 0.176. The topological polar surface area (TPSA) is 96.0 Å². The number of hydrogen-bond acceptors (Lipinski definition) is 8. The van der Waals surface area contributed by atoms with Crippen molar-refractivity contribution >= 4 is 57.6 Å². The lowest BCUT2D eigenvalue weighted by Crippen LogP contribution is -2.43. The van der Waals surface area contributed by atoms with Gasteiger partial charge >= 0.3 is 6.03 Å². The second-order valence-corrected chi connectivity index (χ2v) is 9.53. The maximum absolute atomic E-state index is 12.3. The number of nitrogens with one attached hydrogen (secondary N) is 3. The van der Waals surface area contributed by atoms with Gasteiger partial charge in [-0.3, -0.25) is 10.1 Å². The molecule has 0 spiro atoms. The molecule has 1 heterocycles. The van der Waals surface area contributed by atoms with Crippen LogP contribution in [-0.4, -0.2) is 39.2 Å². The molecule has 1 aliphatic rings. The van der Waals surface area contributed by atoms with E-state index in [4.69, 9.17) is 0 Å². The van der Waals surface area contributed by atoms with E-state index in [0.29, 0.717) is 31.8 Å². The normalized spacial score (nSPS) is 14.6. The first-order valence-electron chi connectivity index (χ1n) is 8.32. The largest absolute Gasteiger partial charge is 0.335 e. The number of imide groups is 1. The van der Waals surface area contributed by atoms with Crippen molar-refractivity contribution in [2.45, 2.75) is 46.0 Å². The molecule has 7 nitrogen and oxygen atoms in total. The average Bonchev–Trinajstić information content (AvgIpc) is 3.33. The molecule has 1 aromatic carbocycles. The van der Waals surface area contributed by atoms with Crippen molar-refractivity contribution in [2.24, 2.45) is 0 Å². The van der Waals surface area contributed by atoms with Gasteiger partial charge in [0.1, 0.15) is 0 Å². The Kier molecular flexibility index (Phi) is 7.08. The van der Waals surface area contributed by atoms with Crippen molar-refractivity contribution in [1.82, 2.24) is 20.8 Å². The van der Waals surface area contributed by atoms with Crippen LogP contribution >= 0.6 is 34.9 Å². The highest BCUT2D eigenvalue weighted by Crippen LogP contribution is 2.31. The molecule has 0 radical (unpaired) electrons. The van der Waals surface area contributed by atoms with Gasteiger partial charge in [0.15, 0.2) is 4.34 Å². The molecule has 0 aliphatic heterocycles. The van der Waals surface area contributed by atoms with Gasteiger partial charge in [0.25, 0.3) is 5.76 Å². The van der Waals surface area contributed by atoms with Gasteiger partial charge in [-0.1, -0.05) is 34.9 Å². The molecule has 1 fully saturated rings. The van der Waals surface area contributed by atoms with Crippen molar-refractivity contribution in [3.63, 3.8) is 0 Å². The van der Waals surface area contributed by atoms with E-state index in [-0.39, 0.29) is 6.04 Å². The van der Waals surface area contributed by atoms with E-state index in [0.717, 1.165) is 12.8 Å². The molecule has 3 N–H and O–H groups in total. The molecule has 28 heavy (non-hydrogen) atoms. The van der Waals surface area contributed by atoms with Crippen LogP contribution in [0.4, 0.5) is 24.4 Å². The number of rotatable bonds is 8. The predicted octanol–water partition coefficient (Wildman–Crippen LogP) is 4.07. The van der Waals surface area contributed by atoms with Gasteiger partial charge in [-0.25, -0.2) is 4.79 Å². The summed E-state index contributed by atoms with van der Waals surface area (Å²) in [6.07, 6.45) is 1.89. The first-order chi connectivity index (χ1) is 13.4. The van der Waals surface area contributed by atoms with E-state index in [9.17, 15) is 18.4 Å². The summed E-state index contributed by atoms with van der Waals surface area (Å²) in [5.41, 5.74) is 0.689. The zero-order valence-corrected chi connectivity index (χ0v) is 17.1. The highest BCUT2D eigenvalue weighted by molar-refractivity contribution is 8.02. The first-order valence-corrected chi connectivity index (χ1v) is 10.9. The van der Waals surface area contributed by atoms with E-state index in [1.165, 1.54) is 23.1 Å². The van der Waals surface area contributed by atoms with E-state index < -0.39 is 22.9 Å². The van der Waals surface area contributed by atoms with Crippen LogP contribution in [-0.2, 0) is 4.79 Å². The van der Waals surface area contributed by atoms with Crippen LogP contribution in [0.5, 0.6) is 0 Å². The SMILES string of the molecule is CC(Sc1nnc(Nc2ccc(SC(F)F)cc2)s1)C(=O)NC(=O)NC1CC1. The molecular formula is C16H17F2N5O2S3. The van der Waals surface area contributed by atoms with Crippen LogP contribution in [0.25, 0.3) is 0 Å². The number of amides is 3. The fraction of sp³-hybridized carbons (Fsp3) is 0.375. The molecule has 3 rings (SSSR count). The Balaban J connectivity index is 1.49. The lowest BCUT2D eigenvalue weighted by Gasteiger charge is -2.09. The van der Waals surface area contributed by atoms with Crippen molar-refractivity contribution in [2.75, 3.05) is 5.32 Å². The zero-order valence-electron chi connectivity index (χ0n) is 14.6. The van der Waals surface area contributed by atoms with E-state index in [1.54, 1.807) is 31.2 Å². The van der Waals surface area contributed by atoms with Crippen LogP contribution in [0, 0.1) is 0 Å². The quantitative estimate of drug-likeness (QED) is 0.527. The molecule has 3 amide bonds. The molecule has 1 atom stereocenters. The Morgan fingerprint density at radius 2 is 1.89 bits per heavy atom. The lowest BCUT2D eigenvalue weighted by atomic mass is 10.3.